The lowest BCUT2D eigenvalue weighted by molar-refractivity contribution is -0.142. The number of fused-ring (bicyclic) bond motifs is 2. The van der Waals surface area contributed by atoms with Crippen LogP contribution in [0.25, 0.3) is 20.7 Å². The molecule has 21 nitrogen and oxygen atoms in total. The van der Waals surface area contributed by atoms with Crippen LogP contribution in [0.5, 0.6) is 23.0 Å². The molecule has 1 amide bonds. The zero-order valence-electron chi connectivity index (χ0n) is 42.1. The highest BCUT2D eigenvalue weighted by molar-refractivity contribution is 7.16. The van der Waals surface area contributed by atoms with Gasteiger partial charge in [0.25, 0.3) is 0 Å². The largest absolute Gasteiger partial charge is 0.493 e. The van der Waals surface area contributed by atoms with Crippen molar-refractivity contribution in [1.82, 2.24) is 45.2 Å². The molecule has 0 saturated carbocycles. The van der Waals surface area contributed by atoms with Crippen molar-refractivity contribution < 1.29 is 33.6 Å². The Hall–Kier alpha value is -8.02. The number of hydrogen-bond acceptors (Lipinski definition) is 21. The molecule has 2 aliphatic rings. The van der Waals surface area contributed by atoms with Crippen molar-refractivity contribution in [1.29, 1.82) is 0 Å². The first-order valence-corrected chi connectivity index (χ1v) is 26.1. The number of ether oxygens (including phenoxy) is 4. The van der Waals surface area contributed by atoms with Crippen molar-refractivity contribution in [3.63, 3.8) is 0 Å². The van der Waals surface area contributed by atoms with Gasteiger partial charge >= 0.3 is 5.97 Å². The number of nitrogens with one attached hydrogen (secondary N) is 3. The summed E-state index contributed by atoms with van der Waals surface area (Å²) in [6.07, 6.45) is 11.5. The molecule has 0 bridgehead atoms. The molecule has 2 fully saturated rings. The Morgan fingerprint density at radius 2 is 1.05 bits per heavy atom. The van der Waals surface area contributed by atoms with Crippen LogP contribution in [0.1, 0.15) is 36.8 Å². The van der Waals surface area contributed by atoms with E-state index in [9.17, 15) is 14.7 Å². The lowest BCUT2D eigenvalue weighted by Crippen LogP contribution is -2.41. The molecule has 392 valence electrons. The van der Waals surface area contributed by atoms with Gasteiger partial charge in [0.1, 0.15) is 11.0 Å². The van der Waals surface area contributed by atoms with Crippen molar-refractivity contribution in [2.24, 2.45) is 17.6 Å². The Bertz CT molecular complexity index is 3120. The second-order valence-electron chi connectivity index (χ2n) is 17.3. The number of hydrogen-bond donors (Lipinski definition) is 5. The predicted octanol–water partition coefficient (Wildman–Crippen LogP) is 7.55. The van der Waals surface area contributed by atoms with E-state index >= 15 is 0 Å². The minimum absolute atomic E-state index is 0.00909. The fraction of sp³-hybridized carbons (Fsp3) is 0.346. The van der Waals surface area contributed by atoms with Crippen molar-refractivity contribution in [2.75, 3.05) is 88.1 Å². The number of thiazole rings is 2. The molecule has 6 N–H and O–H groups in total. The SMILES string of the molecule is COc1ccc(Nc2nc(N3CCC(C(=O)NCCc4ccncc4)CC3)nc3scnc23)cc1OC.COc1ccc(Nc2nc(N3CCC(C(=O)O)CC3)nc3scnc23)cc1OC.NCCc1ccncc1. The molecule has 75 heavy (non-hydrogen) atoms. The molecule has 6 aromatic heterocycles. The van der Waals surface area contributed by atoms with E-state index in [1.807, 2.05) is 65.6 Å². The van der Waals surface area contributed by atoms with E-state index in [0.29, 0.717) is 110 Å². The van der Waals surface area contributed by atoms with Crippen LogP contribution in [0.3, 0.4) is 0 Å². The highest BCUT2D eigenvalue weighted by atomic mass is 32.1. The maximum atomic E-state index is 12.7. The minimum atomic E-state index is -0.737. The number of anilines is 6. The third-order valence-electron chi connectivity index (χ3n) is 12.6. The third kappa shape index (κ3) is 14.0. The monoisotopic (exact) mass is 1060 g/mol. The molecule has 0 radical (unpaired) electrons. The number of nitrogens with zero attached hydrogens (tertiary/aromatic N) is 10. The molecular formula is C52H60N14O7S2. The van der Waals surface area contributed by atoms with Crippen LogP contribution in [0.4, 0.5) is 34.9 Å². The van der Waals surface area contributed by atoms with Crippen LogP contribution >= 0.6 is 22.7 Å². The highest BCUT2D eigenvalue weighted by Gasteiger charge is 2.28. The summed E-state index contributed by atoms with van der Waals surface area (Å²) in [7, 11) is 6.39. The number of amides is 1. The minimum Gasteiger partial charge on any atom is -0.493 e. The highest BCUT2D eigenvalue weighted by Crippen LogP contribution is 2.36. The van der Waals surface area contributed by atoms with Crippen molar-refractivity contribution in [3.8, 4) is 23.0 Å². The van der Waals surface area contributed by atoms with Crippen LogP contribution in [0.15, 0.2) is 96.5 Å². The average molecular weight is 1060 g/mol. The average Bonchev–Trinajstić information content (AvgIpc) is 4.15. The molecular weight excluding hydrogens is 997 g/mol. The summed E-state index contributed by atoms with van der Waals surface area (Å²) in [6, 6.07) is 19.0. The summed E-state index contributed by atoms with van der Waals surface area (Å²) in [5.74, 6) is 4.03. The van der Waals surface area contributed by atoms with Crippen LogP contribution in [-0.4, -0.2) is 125 Å². The number of nitrogens with two attached hydrogens (primary N) is 1. The molecule has 2 aliphatic heterocycles. The second-order valence-corrected chi connectivity index (χ2v) is 19.0. The zero-order chi connectivity index (χ0) is 52.5. The molecule has 10 rings (SSSR count). The van der Waals surface area contributed by atoms with E-state index in [4.69, 9.17) is 34.6 Å². The van der Waals surface area contributed by atoms with Gasteiger partial charge < -0.3 is 55.5 Å². The Balaban J connectivity index is 0.000000174. The molecule has 0 unspecified atom stereocenters. The smallest absolute Gasteiger partial charge is 0.306 e. The van der Waals surface area contributed by atoms with Gasteiger partial charge in [-0.15, -0.1) is 22.7 Å². The molecule has 8 aromatic rings. The maximum Gasteiger partial charge on any atom is 0.306 e. The van der Waals surface area contributed by atoms with Crippen LogP contribution < -0.4 is 50.4 Å². The number of methoxy groups -OCH3 is 4. The number of benzene rings is 2. The molecule has 2 aromatic carbocycles. The van der Waals surface area contributed by atoms with Crippen LogP contribution in [0.2, 0.25) is 0 Å². The van der Waals surface area contributed by atoms with E-state index in [0.717, 1.165) is 46.7 Å². The second kappa shape index (κ2) is 26.3. The van der Waals surface area contributed by atoms with Gasteiger partial charge in [-0.05, 0) is 105 Å². The Labute approximate surface area is 441 Å². The number of aliphatic carboxylic acids is 1. The number of piperidine rings is 2. The first-order chi connectivity index (χ1) is 36.7. The predicted molar refractivity (Wildman–Crippen MR) is 292 cm³/mol. The van der Waals surface area contributed by atoms with E-state index in [1.54, 1.807) is 64.2 Å². The van der Waals surface area contributed by atoms with Crippen molar-refractivity contribution in [2.45, 2.75) is 38.5 Å². The summed E-state index contributed by atoms with van der Waals surface area (Å²) < 4.78 is 21.4. The summed E-state index contributed by atoms with van der Waals surface area (Å²) in [4.78, 5) is 65.3. The normalized spacial score (nSPS) is 13.7. The third-order valence-corrected chi connectivity index (χ3v) is 14.0. The Morgan fingerprint density at radius 3 is 1.48 bits per heavy atom. The van der Waals surface area contributed by atoms with E-state index in [1.165, 1.54) is 33.8 Å². The summed E-state index contributed by atoms with van der Waals surface area (Å²) in [5, 5.41) is 19.0. The van der Waals surface area contributed by atoms with Gasteiger partial charge in [0.2, 0.25) is 17.8 Å². The number of carboxylic acid groups (broad SMARTS) is 1. The van der Waals surface area contributed by atoms with Gasteiger partial charge in [0.05, 0.1) is 45.4 Å². The van der Waals surface area contributed by atoms with Gasteiger partial charge in [0.15, 0.2) is 44.3 Å². The lowest BCUT2D eigenvalue weighted by Gasteiger charge is -2.31. The molecule has 2 saturated heterocycles. The molecule has 0 aliphatic carbocycles. The molecule has 0 spiro atoms. The Kier molecular flexibility index (Phi) is 18.7. The lowest BCUT2D eigenvalue weighted by atomic mass is 9.96. The van der Waals surface area contributed by atoms with Gasteiger partial charge in [-0.1, -0.05) is 0 Å². The number of aromatic nitrogens is 8. The van der Waals surface area contributed by atoms with Crippen LogP contribution in [-0.2, 0) is 22.4 Å². The maximum absolute atomic E-state index is 12.7. The summed E-state index contributed by atoms with van der Waals surface area (Å²) >= 11 is 2.92. The standard InChI is InChI=1S/C26H29N7O3S.C19H21N5O4S.C7H10N2/c1-35-20-4-3-19(15-21(20)36-2)30-23-22-25(37-16-29-22)32-26(31-23)33-13-8-18(9-14-33)24(34)28-12-7-17-5-10-27-11-6-17;1-27-13-4-3-12(9-14(13)28-2)21-16-15-17(29-10-20-15)23-19(22-16)24-7-5-11(6-8-24)18(25)26;8-4-1-7-2-5-9-6-3-7/h3-6,10-11,15-16,18H,7-9,12-14H2,1-2H3,(H,28,34)(H,30,31,32);3-4,9-11H,5-8H2,1-2H3,(H,25,26)(H,21,22,23);2-3,5-6H,1,4,8H2. The number of carbonyl (C=O) groups is 2. The molecule has 0 atom stereocenters. The quantitative estimate of drug-likeness (QED) is 0.0589. The number of pyridine rings is 2. The topological polar surface area (TPSA) is 263 Å². The van der Waals surface area contributed by atoms with E-state index in [2.05, 4.69) is 50.8 Å². The first kappa shape index (κ1) is 53.3. The van der Waals surface area contributed by atoms with Gasteiger partial charge in [-0.2, -0.15) is 19.9 Å². The molecule has 23 heteroatoms. The molecule has 8 heterocycles. The van der Waals surface area contributed by atoms with E-state index < -0.39 is 5.97 Å². The van der Waals surface area contributed by atoms with Crippen molar-refractivity contribution >= 4 is 90.2 Å². The van der Waals surface area contributed by atoms with Crippen molar-refractivity contribution in [3.05, 3.63) is 108 Å². The number of rotatable bonds is 17. The summed E-state index contributed by atoms with van der Waals surface area (Å²) in [6.45, 7) is 3.97. The number of carbonyl (C=O) groups excluding carboxylic acids is 1. The number of carboxylic acids is 1. The van der Waals surface area contributed by atoms with Gasteiger partial charge in [-0.3, -0.25) is 19.6 Å². The Morgan fingerprint density at radius 1 is 0.613 bits per heavy atom. The fourth-order valence-corrected chi connectivity index (χ4v) is 9.77. The summed E-state index contributed by atoms with van der Waals surface area (Å²) in [5.41, 5.74) is 14.3. The zero-order valence-corrected chi connectivity index (χ0v) is 43.8. The van der Waals surface area contributed by atoms with Crippen LogP contribution in [0, 0.1) is 11.8 Å². The van der Waals surface area contributed by atoms with Gasteiger partial charge in [0, 0.05) is 86.9 Å². The fourth-order valence-electron chi connectivity index (χ4n) is 8.47. The van der Waals surface area contributed by atoms with E-state index in [-0.39, 0.29) is 17.7 Å². The first-order valence-electron chi connectivity index (χ1n) is 24.4. The van der Waals surface area contributed by atoms with Gasteiger partial charge in [-0.25, -0.2) is 9.97 Å².